The van der Waals surface area contributed by atoms with Gasteiger partial charge in [0.25, 0.3) is 0 Å². The zero-order chi connectivity index (χ0) is 15.8. The molecule has 1 amide bonds. The van der Waals surface area contributed by atoms with Crippen molar-refractivity contribution in [3.05, 3.63) is 0 Å². The van der Waals surface area contributed by atoms with Crippen molar-refractivity contribution in [3.63, 3.8) is 0 Å². The Morgan fingerprint density at radius 2 is 1.76 bits per heavy atom. The zero-order valence-corrected chi connectivity index (χ0v) is 15.0. The molecule has 2 rings (SSSR count). The van der Waals surface area contributed by atoms with Crippen LogP contribution < -0.4 is 0 Å². The molecule has 0 aromatic rings. The van der Waals surface area contributed by atoms with Gasteiger partial charge in [-0.05, 0) is 70.1 Å². The van der Waals surface area contributed by atoms with Crippen molar-refractivity contribution in [3.8, 4) is 0 Å². The SMILES string of the molecule is CC1CCCC(=O)N1C(C)(C)CC1CCC(C(C)(C)C)C1. The van der Waals surface area contributed by atoms with Crippen LogP contribution in [0.15, 0.2) is 0 Å². The maximum Gasteiger partial charge on any atom is 0.223 e. The maximum absolute atomic E-state index is 12.4. The van der Waals surface area contributed by atoms with Crippen molar-refractivity contribution in [2.24, 2.45) is 17.3 Å². The molecule has 0 spiro atoms. The first kappa shape index (κ1) is 16.8. The number of carbonyl (C=O) groups is 1. The van der Waals surface area contributed by atoms with Gasteiger partial charge in [0.05, 0.1) is 0 Å². The normalized spacial score (nSPS) is 31.8. The van der Waals surface area contributed by atoms with E-state index >= 15 is 0 Å². The van der Waals surface area contributed by atoms with Crippen molar-refractivity contribution in [2.45, 2.75) is 98.1 Å². The lowest BCUT2D eigenvalue weighted by atomic mass is 9.78. The Labute approximate surface area is 131 Å². The minimum Gasteiger partial charge on any atom is -0.335 e. The highest BCUT2D eigenvalue weighted by Gasteiger charge is 2.40. The van der Waals surface area contributed by atoms with Crippen LogP contribution in [-0.2, 0) is 4.79 Å². The lowest BCUT2D eigenvalue weighted by Gasteiger charge is -2.46. The van der Waals surface area contributed by atoms with Gasteiger partial charge in [0.15, 0.2) is 0 Å². The minimum atomic E-state index is 0.0222. The number of hydrogen-bond donors (Lipinski definition) is 0. The summed E-state index contributed by atoms with van der Waals surface area (Å²) in [7, 11) is 0. The number of nitrogens with zero attached hydrogens (tertiary/aromatic N) is 1. The van der Waals surface area contributed by atoms with E-state index in [1.54, 1.807) is 0 Å². The lowest BCUT2D eigenvalue weighted by Crippen LogP contribution is -2.54. The molecule has 1 heterocycles. The fourth-order valence-corrected chi connectivity index (χ4v) is 4.83. The smallest absolute Gasteiger partial charge is 0.223 e. The average Bonchev–Trinajstić information content (AvgIpc) is 2.75. The third-order valence-electron chi connectivity index (χ3n) is 5.93. The van der Waals surface area contributed by atoms with E-state index < -0.39 is 0 Å². The van der Waals surface area contributed by atoms with Crippen molar-refractivity contribution >= 4 is 5.91 Å². The topological polar surface area (TPSA) is 20.3 Å². The van der Waals surface area contributed by atoms with Crippen LogP contribution in [0.2, 0.25) is 0 Å². The van der Waals surface area contributed by atoms with Gasteiger partial charge in [-0.1, -0.05) is 27.2 Å². The molecule has 3 unspecified atom stereocenters. The molecule has 1 saturated carbocycles. The molecule has 0 N–H and O–H groups in total. The van der Waals surface area contributed by atoms with E-state index in [-0.39, 0.29) is 5.54 Å². The Kier molecular flexibility index (Phi) is 4.75. The molecule has 0 bridgehead atoms. The van der Waals surface area contributed by atoms with E-state index in [0.717, 1.165) is 24.7 Å². The standard InChI is InChI=1S/C19H35NO/c1-14-8-7-9-17(21)20(14)19(5,6)13-15-10-11-16(12-15)18(2,3)4/h14-16H,7-13H2,1-6H3. The van der Waals surface area contributed by atoms with Crippen LogP contribution in [0.3, 0.4) is 0 Å². The summed E-state index contributed by atoms with van der Waals surface area (Å²) in [6, 6.07) is 0.418. The quantitative estimate of drug-likeness (QED) is 0.715. The van der Waals surface area contributed by atoms with Gasteiger partial charge in [-0.3, -0.25) is 4.79 Å². The molecule has 2 nitrogen and oxygen atoms in total. The molecule has 0 aromatic carbocycles. The molecule has 21 heavy (non-hydrogen) atoms. The highest BCUT2D eigenvalue weighted by molar-refractivity contribution is 5.78. The highest BCUT2D eigenvalue weighted by atomic mass is 16.2. The molecule has 3 atom stereocenters. The van der Waals surface area contributed by atoms with Crippen LogP contribution in [0.1, 0.15) is 86.5 Å². The second kappa shape index (κ2) is 5.93. The maximum atomic E-state index is 12.4. The Balaban J connectivity index is 1.99. The summed E-state index contributed by atoms with van der Waals surface area (Å²) >= 11 is 0. The first-order valence-electron chi connectivity index (χ1n) is 8.93. The molecule has 1 aliphatic carbocycles. The van der Waals surface area contributed by atoms with E-state index in [9.17, 15) is 4.79 Å². The number of hydrogen-bond acceptors (Lipinski definition) is 1. The second-order valence-electron chi connectivity index (χ2n) is 9.26. The van der Waals surface area contributed by atoms with E-state index in [4.69, 9.17) is 0 Å². The van der Waals surface area contributed by atoms with Crippen LogP contribution in [-0.4, -0.2) is 22.4 Å². The molecule has 0 aromatic heterocycles. The monoisotopic (exact) mass is 293 g/mol. The molecular formula is C19H35NO. The molecule has 122 valence electrons. The molecule has 2 heteroatoms. The van der Waals surface area contributed by atoms with Crippen LogP contribution in [0, 0.1) is 17.3 Å². The third-order valence-corrected chi connectivity index (χ3v) is 5.93. The van der Waals surface area contributed by atoms with Crippen LogP contribution in [0.5, 0.6) is 0 Å². The molecule has 1 saturated heterocycles. The second-order valence-corrected chi connectivity index (χ2v) is 9.26. The van der Waals surface area contributed by atoms with Crippen molar-refractivity contribution in [1.29, 1.82) is 0 Å². The van der Waals surface area contributed by atoms with Gasteiger partial charge in [0.2, 0.25) is 5.91 Å². The summed E-state index contributed by atoms with van der Waals surface area (Å²) in [4.78, 5) is 14.6. The fourth-order valence-electron chi connectivity index (χ4n) is 4.83. The first-order chi connectivity index (χ1) is 9.61. The number of likely N-dealkylation sites (tertiary alicyclic amines) is 1. The van der Waals surface area contributed by atoms with Gasteiger partial charge < -0.3 is 4.90 Å². The minimum absolute atomic E-state index is 0.0222. The number of piperidine rings is 1. The van der Waals surface area contributed by atoms with Gasteiger partial charge in [-0.15, -0.1) is 0 Å². The Morgan fingerprint density at radius 1 is 1.10 bits per heavy atom. The summed E-state index contributed by atoms with van der Waals surface area (Å²) in [5, 5.41) is 0. The highest BCUT2D eigenvalue weighted by Crippen LogP contribution is 2.45. The molecule has 1 aliphatic heterocycles. The Hall–Kier alpha value is -0.530. The number of amides is 1. The molecule has 0 radical (unpaired) electrons. The summed E-state index contributed by atoms with van der Waals surface area (Å²) in [5.41, 5.74) is 0.460. The number of rotatable bonds is 3. The van der Waals surface area contributed by atoms with E-state index in [1.807, 2.05) is 0 Å². The van der Waals surface area contributed by atoms with Crippen molar-refractivity contribution in [1.82, 2.24) is 4.90 Å². The Bertz CT molecular complexity index is 380. The van der Waals surface area contributed by atoms with E-state index in [0.29, 0.717) is 17.4 Å². The predicted octanol–water partition coefficient (Wildman–Crippen LogP) is 5.02. The number of carbonyl (C=O) groups excluding carboxylic acids is 1. The lowest BCUT2D eigenvalue weighted by molar-refractivity contribution is -0.143. The van der Waals surface area contributed by atoms with Gasteiger partial charge in [0.1, 0.15) is 0 Å². The van der Waals surface area contributed by atoms with Crippen LogP contribution >= 0.6 is 0 Å². The molecule has 2 aliphatic rings. The van der Waals surface area contributed by atoms with Gasteiger partial charge >= 0.3 is 0 Å². The molecular weight excluding hydrogens is 258 g/mol. The summed E-state index contributed by atoms with van der Waals surface area (Å²) < 4.78 is 0. The fraction of sp³-hybridized carbons (Fsp3) is 0.947. The predicted molar refractivity (Wildman–Crippen MR) is 89.1 cm³/mol. The van der Waals surface area contributed by atoms with E-state index in [1.165, 1.54) is 32.1 Å². The summed E-state index contributed by atoms with van der Waals surface area (Å²) in [6.45, 7) is 13.9. The van der Waals surface area contributed by atoms with Gasteiger partial charge in [0, 0.05) is 18.0 Å². The van der Waals surface area contributed by atoms with Crippen molar-refractivity contribution in [2.75, 3.05) is 0 Å². The molecule has 2 fully saturated rings. The summed E-state index contributed by atoms with van der Waals surface area (Å²) in [6.07, 6.45) is 8.24. The van der Waals surface area contributed by atoms with Crippen LogP contribution in [0.4, 0.5) is 0 Å². The average molecular weight is 293 g/mol. The van der Waals surface area contributed by atoms with Gasteiger partial charge in [-0.25, -0.2) is 0 Å². The van der Waals surface area contributed by atoms with Crippen LogP contribution in [0.25, 0.3) is 0 Å². The Morgan fingerprint density at radius 3 is 2.29 bits per heavy atom. The third kappa shape index (κ3) is 3.81. The van der Waals surface area contributed by atoms with Crippen molar-refractivity contribution < 1.29 is 4.79 Å². The van der Waals surface area contributed by atoms with Gasteiger partial charge in [-0.2, -0.15) is 0 Å². The summed E-state index contributed by atoms with van der Waals surface area (Å²) in [5.74, 6) is 2.03. The largest absolute Gasteiger partial charge is 0.335 e. The first-order valence-corrected chi connectivity index (χ1v) is 8.93. The zero-order valence-electron chi connectivity index (χ0n) is 15.0. The van der Waals surface area contributed by atoms with E-state index in [2.05, 4.69) is 46.4 Å².